The Morgan fingerprint density at radius 3 is 2.83 bits per heavy atom. The van der Waals surface area contributed by atoms with Crippen molar-refractivity contribution < 1.29 is 14.3 Å². The molecule has 0 unspecified atom stereocenters. The van der Waals surface area contributed by atoms with E-state index >= 15 is 0 Å². The summed E-state index contributed by atoms with van der Waals surface area (Å²) in [6.07, 6.45) is 3.46. The van der Waals surface area contributed by atoms with Crippen molar-refractivity contribution >= 4 is 39.0 Å². The van der Waals surface area contributed by atoms with Gasteiger partial charge in [-0.2, -0.15) is 0 Å². The number of H-pyrrole nitrogens is 1. The third kappa shape index (κ3) is 3.94. The number of rotatable bonds is 7. The van der Waals surface area contributed by atoms with Crippen molar-refractivity contribution in [1.82, 2.24) is 20.3 Å². The Hall–Kier alpha value is -2.97. The number of hydrogen-bond acceptors (Lipinski definition) is 6. The van der Waals surface area contributed by atoms with Gasteiger partial charge in [0.15, 0.2) is 0 Å². The van der Waals surface area contributed by atoms with Crippen LogP contribution < -0.4 is 10.1 Å². The number of carbonyl (C=O) groups excluding carboxylic acids is 1. The van der Waals surface area contributed by atoms with Gasteiger partial charge < -0.3 is 19.8 Å². The Balaban J connectivity index is 1.79. The van der Waals surface area contributed by atoms with Crippen LogP contribution >= 0.6 is 11.3 Å². The molecular formula is C21H22N4O3S. The molecule has 2 N–H and O–H groups in total. The molecule has 0 radical (unpaired) electrons. The molecule has 8 heteroatoms. The number of amides is 1. The van der Waals surface area contributed by atoms with Crippen molar-refractivity contribution in [2.45, 2.75) is 33.1 Å². The summed E-state index contributed by atoms with van der Waals surface area (Å²) in [5, 5.41) is 7.64. The molecule has 150 valence electrons. The predicted molar refractivity (Wildman–Crippen MR) is 113 cm³/mol. The summed E-state index contributed by atoms with van der Waals surface area (Å²) in [5.41, 5.74) is 2.93. The van der Waals surface area contributed by atoms with Crippen LogP contribution in [0.15, 0.2) is 36.0 Å². The van der Waals surface area contributed by atoms with Crippen molar-refractivity contribution in [1.29, 1.82) is 0 Å². The molecule has 0 atom stereocenters. The lowest BCUT2D eigenvalue weighted by molar-refractivity contribution is 0.0933. The SMILES string of the molecule is COCc1c(C(=O)NC(C)C)ncc2[nH]c3ccc(OCc4nccs4)cc3c12. The number of benzene rings is 1. The number of nitrogens with one attached hydrogen (secondary N) is 2. The summed E-state index contributed by atoms with van der Waals surface area (Å²) < 4.78 is 11.3. The number of nitrogens with zero attached hydrogens (tertiary/aromatic N) is 2. The number of hydrogen-bond donors (Lipinski definition) is 2. The summed E-state index contributed by atoms with van der Waals surface area (Å²) >= 11 is 1.56. The topological polar surface area (TPSA) is 89.1 Å². The van der Waals surface area contributed by atoms with E-state index in [2.05, 4.69) is 20.3 Å². The van der Waals surface area contributed by atoms with Crippen molar-refractivity contribution in [3.8, 4) is 5.75 Å². The first-order chi connectivity index (χ1) is 14.1. The van der Waals surface area contributed by atoms with Crippen LogP contribution in [0.2, 0.25) is 0 Å². The van der Waals surface area contributed by atoms with Gasteiger partial charge in [-0.15, -0.1) is 11.3 Å². The highest BCUT2D eigenvalue weighted by atomic mass is 32.1. The van der Waals surface area contributed by atoms with E-state index in [1.165, 1.54) is 0 Å². The second kappa shape index (κ2) is 8.18. The maximum Gasteiger partial charge on any atom is 0.270 e. The predicted octanol–water partition coefficient (Wildman–Crippen LogP) is 4.04. The van der Waals surface area contributed by atoms with Gasteiger partial charge in [0, 0.05) is 46.6 Å². The largest absolute Gasteiger partial charge is 0.486 e. The molecule has 0 spiro atoms. The number of pyridine rings is 1. The Morgan fingerprint density at radius 2 is 2.10 bits per heavy atom. The number of methoxy groups -OCH3 is 1. The van der Waals surface area contributed by atoms with Crippen LogP contribution in [0.1, 0.15) is 34.9 Å². The molecule has 0 aliphatic carbocycles. The van der Waals surface area contributed by atoms with Gasteiger partial charge in [-0.25, -0.2) is 9.97 Å². The molecule has 7 nitrogen and oxygen atoms in total. The summed E-state index contributed by atoms with van der Waals surface area (Å²) in [5.74, 6) is 0.529. The van der Waals surface area contributed by atoms with E-state index in [1.807, 2.05) is 37.4 Å². The van der Waals surface area contributed by atoms with Gasteiger partial charge in [0.05, 0.1) is 18.3 Å². The lowest BCUT2D eigenvalue weighted by Crippen LogP contribution is -2.31. The standard InChI is InChI=1S/C21H22N4O3S/c1-12(2)24-21(26)20-15(10-27-3)19-14-8-13(28-11-18-22-6-7-29-18)4-5-16(14)25-17(19)9-23-20/h4-9,12,25H,10-11H2,1-3H3,(H,24,26). The van der Waals surface area contributed by atoms with E-state index in [4.69, 9.17) is 9.47 Å². The van der Waals surface area contributed by atoms with E-state index in [0.717, 1.165) is 38.1 Å². The molecule has 4 aromatic rings. The second-order valence-corrected chi connectivity index (χ2v) is 7.96. The van der Waals surface area contributed by atoms with Crippen LogP contribution in [0.25, 0.3) is 21.8 Å². The minimum absolute atomic E-state index is 0.0178. The lowest BCUT2D eigenvalue weighted by Gasteiger charge is -2.12. The average Bonchev–Trinajstić information content (AvgIpc) is 3.33. The molecule has 1 aromatic carbocycles. The second-order valence-electron chi connectivity index (χ2n) is 6.98. The van der Waals surface area contributed by atoms with Gasteiger partial charge in [-0.1, -0.05) is 0 Å². The van der Waals surface area contributed by atoms with Crippen molar-refractivity contribution in [2.75, 3.05) is 7.11 Å². The fourth-order valence-electron chi connectivity index (χ4n) is 3.31. The Labute approximate surface area is 172 Å². The Morgan fingerprint density at radius 1 is 1.24 bits per heavy atom. The van der Waals surface area contributed by atoms with Crippen LogP contribution in [0, 0.1) is 0 Å². The quantitative estimate of drug-likeness (QED) is 0.480. The van der Waals surface area contributed by atoms with Gasteiger partial charge >= 0.3 is 0 Å². The van der Waals surface area contributed by atoms with Gasteiger partial charge in [0.1, 0.15) is 23.1 Å². The molecule has 0 aliphatic heterocycles. The van der Waals surface area contributed by atoms with Crippen LogP contribution in [-0.4, -0.2) is 34.0 Å². The average molecular weight is 410 g/mol. The zero-order chi connectivity index (χ0) is 20.4. The molecule has 3 aromatic heterocycles. The van der Waals surface area contributed by atoms with E-state index < -0.39 is 0 Å². The summed E-state index contributed by atoms with van der Waals surface area (Å²) in [7, 11) is 1.61. The normalized spacial score (nSPS) is 11.4. The van der Waals surface area contributed by atoms with E-state index in [0.29, 0.717) is 12.3 Å². The first kappa shape index (κ1) is 19.4. The highest BCUT2D eigenvalue weighted by Crippen LogP contribution is 2.32. The lowest BCUT2D eigenvalue weighted by atomic mass is 10.0. The van der Waals surface area contributed by atoms with Gasteiger partial charge in [0.25, 0.3) is 5.91 Å². The number of ether oxygens (including phenoxy) is 2. The minimum Gasteiger partial charge on any atom is -0.486 e. The fourth-order valence-corrected chi connectivity index (χ4v) is 3.84. The van der Waals surface area contributed by atoms with Gasteiger partial charge in [0.2, 0.25) is 0 Å². The molecule has 0 bridgehead atoms. The highest BCUT2D eigenvalue weighted by molar-refractivity contribution is 7.09. The third-order valence-electron chi connectivity index (χ3n) is 4.48. The molecule has 0 fully saturated rings. The van der Waals surface area contributed by atoms with Crippen LogP contribution in [0.4, 0.5) is 0 Å². The summed E-state index contributed by atoms with van der Waals surface area (Å²) in [6.45, 7) is 4.54. The maximum absolute atomic E-state index is 12.7. The van der Waals surface area contributed by atoms with Crippen LogP contribution in [-0.2, 0) is 18.0 Å². The van der Waals surface area contributed by atoms with Crippen molar-refractivity contribution in [2.24, 2.45) is 0 Å². The first-order valence-corrected chi connectivity index (χ1v) is 10.2. The monoisotopic (exact) mass is 410 g/mol. The number of aromatic nitrogens is 3. The molecule has 1 amide bonds. The molecule has 3 heterocycles. The van der Waals surface area contributed by atoms with Crippen LogP contribution in [0.5, 0.6) is 5.75 Å². The molecule has 4 rings (SSSR count). The highest BCUT2D eigenvalue weighted by Gasteiger charge is 2.20. The van der Waals surface area contributed by atoms with Crippen LogP contribution in [0.3, 0.4) is 0 Å². The maximum atomic E-state index is 12.7. The molecule has 0 saturated carbocycles. The summed E-state index contributed by atoms with van der Waals surface area (Å²) in [6, 6.07) is 5.88. The van der Waals surface area contributed by atoms with Crippen molar-refractivity contribution in [3.05, 3.63) is 52.2 Å². The van der Waals surface area contributed by atoms with Gasteiger partial charge in [-0.05, 0) is 32.0 Å². The first-order valence-electron chi connectivity index (χ1n) is 9.31. The van der Waals surface area contributed by atoms with E-state index in [1.54, 1.807) is 30.8 Å². The number of fused-ring (bicyclic) bond motifs is 3. The summed E-state index contributed by atoms with van der Waals surface area (Å²) in [4.78, 5) is 24.7. The zero-order valence-electron chi connectivity index (χ0n) is 16.5. The third-order valence-corrected chi connectivity index (χ3v) is 5.23. The van der Waals surface area contributed by atoms with Gasteiger partial charge in [-0.3, -0.25) is 4.79 Å². The Kier molecular flexibility index (Phi) is 5.46. The minimum atomic E-state index is -0.209. The fraction of sp³-hybridized carbons (Fsp3) is 0.286. The zero-order valence-corrected chi connectivity index (χ0v) is 17.3. The number of carbonyl (C=O) groups is 1. The molecular weight excluding hydrogens is 388 g/mol. The molecule has 29 heavy (non-hydrogen) atoms. The smallest absolute Gasteiger partial charge is 0.270 e. The Bertz CT molecular complexity index is 1150. The molecule has 0 saturated heterocycles. The number of thiazole rings is 1. The van der Waals surface area contributed by atoms with E-state index in [9.17, 15) is 4.79 Å². The molecule has 0 aliphatic rings. The van der Waals surface area contributed by atoms with Crippen molar-refractivity contribution in [3.63, 3.8) is 0 Å². The van der Waals surface area contributed by atoms with E-state index in [-0.39, 0.29) is 18.6 Å². The number of aromatic amines is 1.